The lowest BCUT2D eigenvalue weighted by Gasteiger charge is -2.43. The quantitative estimate of drug-likeness (QED) is 0.627. The summed E-state index contributed by atoms with van der Waals surface area (Å²) >= 11 is 6.53. The van der Waals surface area contributed by atoms with Gasteiger partial charge in [0, 0.05) is 31.3 Å². The summed E-state index contributed by atoms with van der Waals surface area (Å²) in [5.41, 5.74) is 2.26. The van der Waals surface area contributed by atoms with Crippen LogP contribution in [0.1, 0.15) is 41.5 Å². The van der Waals surface area contributed by atoms with Gasteiger partial charge in [0.1, 0.15) is 5.60 Å². The Kier molecular flexibility index (Phi) is 6.64. The number of hydrogen-bond donors (Lipinski definition) is 1. The number of hydrogen-bond acceptors (Lipinski definition) is 4. The fraction of sp³-hybridized carbons (Fsp3) is 0.500. The van der Waals surface area contributed by atoms with Gasteiger partial charge in [0.05, 0.1) is 19.1 Å². The zero-order valence-electron chi connectivity index (χ0n) is 19.2. The number of rotatable bonds is 7. The Balaban J connectivity index is 1.45. The zero-order chi connectivity index (χ0) is 23.9. The van der Waals surface area contributed by atoms with Crippen LogP contribution in [0.25, 0.3) is 0 Å². The summed E-state index contributed by atoms with van der Waals surface area (Å²) < 4.78 is 39.5. The number of nitrogens with zero attached hydrogens (tertiary/aromatic N) is 1. The molecule has 2 fully saturated rings. The Hall–Kier alpha value is -2.06. The largest absolute Gasteiger partial charge is 0.384 e. The normalized spacial score (nSPS) is 23.8. The highest BCUT2D eigenvalue weighted by molar-refractivity contribution is 6.31. The molecule has 5 rings (SSSR count). The molecule has 2 aromatic rings. The van der Waals surface area contributed by atoms with Gasteiger partial charge in [0.25, 0.3) is 0 Å². The standard InChI is InChI=1S/C26H29ClF2N2O3/c1-33-9-6-16-2-5-22(27)17(10-16)14-31(19-3-4-19)25(32)21-13-30-8-7-26(21)20-12-24(29)23(28)11-18(20)15-34-26/h2,5,10-12,19,21,30H,3-4,6-9,13-15H2,1H3. The number of ether oxygens (including phenoxy) is 2. The SMILES string of the molecule is COCCc1ccc(Cl)c(CN(C(=O)C2CNCCC23OCc2cc(F)c(F)cc23)C2CC2)c1. The molecule has 1 amide bonds. The van der Waals surface area contributed by atoms with Crippen molar-refractivity contribution in [2.45, 2.75) is 50.5 Å². The highest BCUT2D eigenvalue weighted by atomic mass is 35.5. The van der Waals surface area contributed by atoms with Crippen molar-refractivity contribution in [2.24, 2.45) is 5.92 Å². The molecule has 1 saturated heterocycles. The molecule has 8 heteroatoms. The molecule has 2 atom stereocenters. The summed E-state index contributed by atoms with van der Waals surface area (Å²) in [6, 6.07) is 8.46. The maximum atomic E-state index is 14.2. The minimum Gasteiger partial charge on any atom is -0.384 e. The number of halogens is 3. The van der Waals surface area contributed by atoms with E-state index in [0.717, 1.165) is 30.4 Å². The van der Waals surface area contributed by atoms with Crippen LogP contribution in [0.4, 0.5) is 8.78 Å². The van der Waals surface area contributed by atoms with Crippen molar-refractivity contribution in [3.8, 4) is 0 Å². The number of amides is 1. The number of benzene rings is 2. The van der Waals surface area contributed by atoms with Crippen molar-refractivity contribution in [1.29, 1.82) is 0 Å². The molecule has 1 spiro atoms. The summed E-state index contributed by atoms with van der Waals surface area (Å²) in [7, 11) is 1.67. The lowest BCUT2D eigenvalue weighted by atomic mass is 9.75. The van der Waals surface area contributed by atoms with Crippen LogP contribution in [-0.2, 0) is 39.4 Å². The highest BCUT2D eigenvalue weighted by Crippen LogP contribution is 2.48. The predicted molar refractivity (Wildman–Crippen MR) is 124 cm³/mol. The van der Waals surface area contributed by atoms with Gasteiger partial charge < -0.3 is 19.7 Å². The molecule has 34 heavy (non-hydrogen) atoms. The monoisotopic (exact) mass is 490 g/mol. The molecule has 0 radical (unpaired) electrons. The molecule has 0 aromatic heterocycles. The van der Waals surface area contributed by atoms with E-state index in [1.807, 2.05) is 23.1 Å². The maximum absolute atomic E-state index is 14.2. The lowest BCUT2D eigenvalue weighted by molar-refractivity contribution is -0.157. The lowest BCUT2D eigenvalue weighted by Crippen LogP contribution is -2.55. The summed E-state index contributed by atoms with van der Waals surface area (Å²) in [6.45, 7) is 2.24. The Labute approximate surface area is 203 Å². The number of fused-ring (bicyclic) bond motifs is 2. The molecule has 2 aromatic carbocycles. The second-order valence-electron chi connectivity index (χ2n) is 9.47. The second-order valence-corrected chi connectivity index (χ2v) is 9.88. The fourth-order valence-electron chi connectivity index (χ4n) is 5.31. The second kappa shape index (κ2) is 9.53. The Morgan fingerprint density at radius 3 is 2.82 bits per heavy atom. The molecular weight excluding hydrogens is 462 g/mol. The van der Waals surface area contributed by atoms with E-state index in [4.69, 9.17) is 21.1 Å². The topological polar surface area (TPSA) is 50.8 Å². The van der Waals surface area contributed by atoms with Crippen LogP contribution in [0.3, 0.4) is 0 Å². The van der Waals surface area contributed by atoms with Gasteiger partial charge in [-0.1, -0.05) is 23.7 Å². The maximum Gasteiger partial charge on any atom is 0.230 e. The van der Waals surface area contributed by atoms with E-state index in [-0.39, 0.29) is 18.6 Å². The van der Waals surface area contributed by atoms with Crippen LogP contribution in [0.5, 0.6) is 0 Å². The Morgan fingerprint density at radius 1 is 1.26 bits per heavy atom. The average Bonchev–Trinajstić information content (AvgIpc) is 3.63. The third kappa shape index (κ3) is 4.35. The van der Waals surface area contributed by atoms with Crippen LogP contribution >= 0.6 is 11.6 Å². The molecule has 0 bridgehead atoms. The molecule has 1 saturated carbocycles. The van der Waals surface area contributed by atoms with Crippen LogP contribution in [0, 0.1) is 17.6 Å². The van der Waals surface area contributed by atoms with E-state index in [2.05, 4.69) is 5.32 Å². The van der Waals surface area contributed by atoms with Gasteiger partial charge >= 0.3 is 0 Å². The first-order valence-electron chi connectivity index (χ1n) is 11.8. The Morgan fingerprint density at radius 2 is 2.06 bits per heavy atom. The highest BCUT2D eigenvalue weighted by Gasteiger charge is 2.53. The van der Waals surface area contributed by atoms with Gasteiger partial charge in [0.15, 0.2) is 11.6 Å². The van der Waals surface area contributed by atoms with Crippen molar-refractivity contribution in [3.63, 3.8) is 0 Å². The molecular formula is C26H29ClF2N2O3. The van der Waals surface area contributed by atoms with Crippen molar-refractivity contribution in [1.82, 2.24) is 10.2 Å². The fourth-order valence-corrected chi connectivity index (χ4v) is 5.49. The molecule has 2 unspecified atom stereocenters. The summed E-state index contributed by atoms with van der Waals surface area (Å²) in [4.78, 5) is 16.0. The van der Waals surface area contributed by atoms with Crippen LogP contribution in [-0.4, -0.2) is 43.7 Å². The summed E-state index contributed by atoms with van der Waals surface area (Å²) in [6.07, 6.45) is 3.17. The first-order valence-corrected chi connectivity index (χ1v) is 12.2. The van der Waals surface area contributed by atoms with E-state index in [0.29, 0.717) is 48.8 Å². The van der Waals surface area contributed by atoms with Crippen molar-refractivity contribution < 1.29 is 23.0 Å². The van der Waals surface area contributed by atoms with Gasteiger partial charge in [-0.3, -0.25) is 4.79 Å². The molecule has 1 N–H and O–H groups in total. The minimum absolute atomic E-state index is 0.0364. The van der Waals surface area contributed by atoms with E-state index in [1.165, 1.54) is 12.1 Å². The van der Waals surface area contributed by atoms with Gasteiger partial charge in [-0.05, 0) is 72.7 Å². The number of carbonyl (C=O) groups is 1. The van der Waals surface area contributed by atoms with Gasteiger partial charge in [-0.25, -0.2) is 8.78 Å². The molecule has 2 heterocycles. The molecule has 182 valence electrons. The smallest absolute Gasteiger partial charge is 0.230 e. The van der Waals surface area contributed by atoms with Gasteiger partial charge in [-0.2, -0.15) is 0 Å². The molecule has 3 aliphatic rings. The van der Waals surface area contributed by atoms with Crippen molar-refractivity contribution in [3.05, 3.63) is 69.2 Å². The van der Waals surface area contributed by atoms with Crippen LogP contribution < -0.4 is 5.32 Å². The predicted octanol–water partition coefficient (Wildman–Crippen LogP) is 4.33. The summed E-state index contributed by atoms with van der Waals surface area (Å²) in [5, 5.41) is 3.93. The first kappa shape index (κ1) is 23.7. The summed E-state index contributed by atoms with van der Waals surface area (Å²) in [5.74, 6) is -2.38. The number of nitrogens with one attached hydrogen (secondary N) is 1. The van der Waals surface area contributed by atoms with Crippen LogP contribution in [0.2, 0.25) is 5.02 Å². The van der Waals surface area contributed by atoms with E-state index >= 15 is 0 Å². The van der Waals surface area contributed by atoms with Gasteiger partial charge in [0.2, 0.25) is 5.91 Å². The van der Waals surface area contributed by atoms with Gasteiger partial charge in [-0.15, -0.1) is 0 Å². The number of piperidine rings is 1. The van der Waals surface area contributed by atoms with Crippen molar-refractivity contribution in [2.75, 3.05) is 26.8 Å². The molecule has 5 nitrogen and oxygen atoms in total. The minimum atomic E-state index is -0.955. The Bertz CT molecular complexity index is 1090. The average molecular weight is 491 g/mol. The first-order chi connectivity index (χ1) is 16.4. The van der Waals surface area contributed by atoms with E-state index < -0.39 is 23.2 Å². The molecule has 2 aliphatic heterocycles. The number of carbonyl (C=O) groups excluding carboxylic acids is 1. The third-order valence-corrected chi connectivity index (χ3v) is 7.66. The molecule has 1 aliphatic carbocycles. The van der Waals surface area contributed by atoms with E-state index in [1.54, 1.807) is 7.11 Å². The zero-order valence-corrected chi connectivity index (χ0v) is 20.0. The van der Waals surface area contributed by atoms with E-state index in [9.17, 15) is 13.6 Å². The van der Waals surface area contributed by atoms with Crippen molar-refractivity contribution >= 4 is 17.5 Å². The third-order valence-electron chi connectivity index (χ3n) is 7.29. The van der Waals surface area contributed by atoms with Crippen LogP contribution in [0.15, 0.2) is 30.3 Å². The number of methoxy groups -OCH3 is 1.